The maximum Gasteiger partial charge on any atom is 0.240 e. The van der Waals surface area contributed by atoms with E-state index in [-0.39, 0.29) is 11.4 Å². The number of ether oxygens (including phenoxy) is 4. The maximum atomic E-state index is 12.4. The van der Waals surface area contributed by atoms with Crippen molar-refractivity contribution in [2.45, 2.75) is 18.2 Å². The molecule has 0 fully saturated rings. The van der Waals surface area contributed by atoms with Crippen LogP contribution in [0.3, 0.4) is 0 Å². The fraction of sp³-hybridized carbons (Fsp3) is 0.368. The predicted octanol–water partition coefficient (Wildman–Crippen LogP) is 2.63. The average molecular weight is 395 g/mol. The molecule has 0 aliphatic heterocycles. The van der Waals surface area contributed by atoms with Crippen molar-refractivity contribution in [2.75, 3.05) is 34.5 Å². The summed E-state index contributed by atoms with van der Waals surface area (Å²) in [6, 6.07) is 9.91. The van der Waals surface area contributed by atoms with Crippen molar-refractivity contribution in [1.29, 1.82) is 0 Å². The van der Waals surface area contributed by atoms with Crippen LogP contribution in [0, 0.1) is 0 Å². The first-order valence-corrected chi connectivity index (χ1v) is 9.94. The molecule has 0 saturated heterocycles. The van der Waals surface area contributed by atoms with E-state index in [1.54, 1.807) is 24.3 Å². The van der Waals surface area contributed by atoms with Crippen molar-refractivity contribution >= 4 is 10.0 Å². The van der Waals surface area contributed by atoms with Crippen molar-refractivity contribution in [3.05, 3.63) is 42.0 Å². The Morgan fingerprint density at radius 2 is 1.52 bits per heavy atom. The topological polar surface area (TPSA) is 83.1 Å². The third-order valence-corrected chi connectivity index (χ3v) is 5.35. The van der Waals surface area contributed by atoms with Gasteiger partial charge in [-0.25, -0.2) is 13.1 Å². The van der Waals surface area contributed by atoms with E-state index in [0.29, 0.717) is 36.0 Å². The standard InChI is InChI=1S/C19H25NO6S/c1-5-26-15-6-8-16(9-7-15)27(21,22)20-11-10-14-12-17(23-2)19(25-4)18(13-14)24-3/h6-9,12-13,20H,5,10-11H2,1-4H3. The van der Waals surface area contributed by atoms with E-state index < -0.39 is 10.0 Å². The second-order valence-electron chi connectivity index (χ2n) is 5.59. The Kier molecular flexibility index (Phi) is 7.32. The molecule has 0 amide bonds. The van der Waals surface area contributed by atoms with E-state index in [1.807, 2.05) is 6.92 Å². The molecule has 27 heavy (non-hydrogen) atoms. The van der Waals surface area contributed by atoms with Crippen LogP contribution in [0.4, 0.5) is 0 Å². The van der Waals surface area contributed by atoms with Gasteiger partial charge in [0.2, 0.25) is 15.8 Å². The first-order chi connectivity index (χ1) is 12.9. The molecule has 148 valence electrons. The molecule has 0 aliphatic rings. The molecule has 2 aromatic carbocycles. The van der Waals surface area contributed by atoms with Crippen LogP contribution in [0.5, 0.6) is 23.0 Å². The lowest BCUT2D eigenvalue weighted by molar-refractivity contribution is 0.324. The molecule has 0 saturated carbocycles. The SMILES string of the molecule is CCOc1ccc(S(=O)(=O)NCCc2cc(OC)c(OC)c(OC)c2)cc1. The first-order valence-electron chi connectivity index (χ1n) is 8.46. The maximum absolute atomic E-state index is 12.4. The number of sulfonamides is 1. The molecule has 0 atom stereocenters. The van der Waals surface area contributed by atoms with Gasteiger partial charge < -0.3 is 18.9 Å². The molecule has 0 aliphatic carbocycles. The third kappa shape index (κ3) is 5.27. The highest BCUT2D eigenvalue weighted by Gasteiger charge is 2.16. The van der Waals surface area contributed by atoms with Crippen LogP contribution in [0.2, 0.25) is 0 Å². The molecule has 7 nitrogen and oxygen atoms in total. The van der Waals surface area contributed by atoms with Crippen LogP contribution in [0.25, 0.3) is 0 Å². The van der Waals surface area contributed by atoms with Crippen molar-refractivity contribution in [1.82, 2.24) is 4.72 Å². The van der Waals surface area contributed by atoms with Crippen molar-refractivity contribution < 1.29 is 27.4 Å². The summed E-state index contributed by atoms with van der Waals surface area (Å²) in [5.41, 5.74) is 0.860. The first kappa shape index (κ1) is 20.9. The molecular formula is C19H25NO6S. The normalized spacial score (nSPS) is 11.1. The number of benzene rings is 2. The molecule has 0 spiro atoms. The summed E-state index contributed by atoms with van der Waals surface area (Å²) in [6.07, 6.45) is 0.465. The fourth-order valence-electron chi connectivity index (χ4n) is 2.57. The molecule has 0 bridgehead atoms. The van der Waals surface area contributed by atoms with Gasteiger partial charge in [0.25, 0.3) is 0 Å². The Morgan fingerprint density at radius 1 is 0.926 bits per heavy atom. The Hall–Kier alpha value is -2.45. The van der Waals surface area contributed by atoms with Crippen LogP contribution in [0.1, 0.15) is 12.5 Å². The summed E-state index contributed by atoms with van der Waals surface area (Å²) < 4.78 is 48.7. The minimum atomic E-state index is -3.60. The Bertz CT molecular complexity index is 824. The summed E-state index contributed by atoms with van der Waals surface area (Å²) in [7, 11) is 1.01. The fourth-order valence-corrected chi connectivity index (χ4v) is 3.61. The van der Waals surface area contributed by atoms with E-state index in [2.05, 4.69) is 4.72 Å². The largest absolute Gasteiger partial charge is 0.494 e. The highest BCUT2D eigenvalue weighted by Crippen LogP contribution is 2.38. The molecule has 2 rings (SSSR count). The van der Waals surface area contributed by atoms with E-state index in [9.17, 15) is 8.42 Å². The van der Waals surface area contributed by atoms with Crippen LogP contribution in [-0.4, -0.2) is 42.9 Å². The Balaban J connectivity index is 2.06. The van der Waals surface area contributed by atoms with Gasteiger partial charge in [-0.05, 0) is 55.3 Å². The lowest BCUT2D eigenvalue weighted by atomic mass is 10.1. The molecule has 0 aromatic heterocycles. The van der Waals surface area contributed by atoms with Gasteiger partial charge in [-0.3, -0.25) is 0 Å². The molecular weight excluding hydrogens is 370 g/mol. The quantitative estimate of drug-likeness (QED) is 0.666. The number of hydrogen-bond acceptors (Lipinski definition) is 6. The Labute approximate surface area is 160 Å². The van der Waals surface area contributed by atoms with Gasteiger partial charge in [-0.15, -0.1) is 0 Å². The zero-order chi connectivity index (χ0) is 19.9. The summed E-state index contributed by atoms with van der Waals surface area (Å²) in [5, 5.41) is 0. The average Bonchev–Trinajstić information content (AvgIpc) is 2.67. The second kappa shape index (κ2) is 9.48. The zero-order valence-electron chi connectivity index (χ0n) is 15.9. The molecule has 0 radical (unpaired) electrons. The third-order valence-electron chi connectivity index (χ3n) is 3.88. The highest BCUT2D eigenvalue weighted by atomic mass is 32.2. The molecule has 1 N–H and O–H groups in total. The lowest BCUT2D eigenvalue weighted by Crippen LogP contribution is -2.26. The van der Waals surface area contributed by atoms with Crippen molar-refractivity contribution in [3.63, 3.8) is 0 Å². The van der Waals surface area contributed by atoms with Gasteiger partial charge in [0.1, 0.15) is 5.75 Å². The number of methoxy groups -OCH3 is 3. The number of nitrogens with one attached hydrogen (secondary N) is 1. The highest BCUT2D eigenvalue weighted by molar-refractivity contribution is 7.89. The van der Waals surface area contributed by atoms with Crippen molar-refractivity contribution in [3.8, 4) is 23.0 Å². The molecule has 0 unspecified atom stereocenters. The van der Waals surface area contributed by atoms with Crippen LogP contribution in [0.15, 0.2) is 41.3 Å². The monoisotopic (exact) mass is 395 g/mol. The summed E-state index contributed by atoms with van der Waals surface area (Å²) in [6.45, 7) is 2.63. The lowest BCUT2D eigenvalue weighted by Gasteiger charge is -2.14. The van der Waals surface area contributed by atoms with Crippen LogP contribution in [-0.2, 0) is 16.4 Å². The minimum absolute atomic E-state index is 0.191. The van der Waals surface area contributed by atoms with Crippen LogP contribution < -0.4 is 23.7 Å². The predicted molar refractivity (Wildman–Crippen MR) is 103 cm³/mol. The smallest absolute Gasteiger partial charge is 0.240 e. The summed E-state index contributed by atoms with van der Waals surface area (Å²) in [5.74, 6) is 2.19. The zero-order valence-corrected chi connectivity index (χ0v) is 16.8. The van der Waals surface area contributed by atoms with Crippen LogP contribution >= 0.6 is 0 Å². The van der Waals surface area contributed by atoms with Gasteiger partial charge in [0.05, 0.1) is 32.8 Å². The number of rotatable bonds is 10. The van der Waals surface area contributed by atoms with Gasteiger partial charge in [0.15, 0.2) is 11.5 Å². The van der Waals surface area contributed by atoms with Crippen molar-refractivity contribution in [2.24, 2.45) is 0 Å². The van der Waals surface area contributed by atoms with Gasteiger partial charge in [-0.1, -0.05) is 0 Å². The van der Waals surface area contributed by atoms with Gasteiger partial charge in [0, 0.05) is 6.54 Å². The molecule has 8 heteroatoms. The van der Waals surface area contributed by atoms with Gasteiger partial charge in [-0.2, -0.15) is 0 Å². The number of hydrogen-bond donors (Lipinski definition) is 1. The Morgan fingerprint density at radius 3 is 2.00 bits per heavy atom. The van der Waals surface area contributed by atoms with E-state index in [1.165, 1.54) is 33.5 Å². The van der Waals surface area contributed by atoms with E-state index in [4.69, 9.17) is 18.9 Å². The molecule has 0 heterocycles. The summed E-state index contributed by atoms with van der Waals surface area (Å²) >= 11 is 0. The second-order valence-corrected chi connectivity index (χ2v) is 7.35. The minimum Gasteiger partial charge on any atom is -0.494 e. The van der Waals surface area contributed by atoms with Gasteiger partial charge >= 0.3 is 0 Å². The van der Waals surface area contributed by atoms with E-state index >= 15 is 0 Å². The summed E-state index contributed by atoms with van der Waals surface area (Å²) in [4.78, 5) is 0.191. The van der Waals surface area contributed by atoms with E-state index in [0.717, 1.165) is 5.56 Å². The molecule has 2 aromatic rings.